The van der Waals surface area contributed by atoms with Crippen LogP contribution in [0.15, 0.2) is 39.9 Å². The normalized spacial score (nSPS) is 16.5. The standard InChI is InChI=1S/C11H9FN2O2.C5H8F2N2O/c1-7-13-10(6-16-7)11(15)14-9-4-2-8(12)3-5-9;6-5(7)3-1-10-2-4(8)9-3/h2-6H,1H3,(H,14,15);3,5H,1-2H2,(H2,8,9). The smallest absolute Gasteiger partial charge is 0.277 e. The van der Waals surface area contributed by atoms with E-state index in [1.165, 1.54) is 30.5 Å². The van der Waals surface area contributed by atoms with Gasteiger partial charge in [0.25, 0.3) is 12.3 Å². The number of hydrogen-bond donors (Lipinski definition) is 2. The molecule has 1 aromatic carbocycles. The van der Waals surface area contributed by atoms with Gasteiger partial charge in [-0.15, -0.1) is 0 Å². The predicted molar refractivity (Wildman–Crippen MR) is 87.8 cm³/mol. The summed E-state index contributed by atoms with van der Waals surface area (Å²) in [7, 11) is 0. The van der Waals surface area contributed by atoms with Crippen molar-refractivity contribution in [3.05, 3.63) is 47.9 Å². The minimum absolute atomic E-state index is 0.0294. The molecule has 7 nitrogen and oxygen atoms in total. The topological polar surface area (TPSA) is 103 Å². The van der Waals surface area contributed by atoms with Gasteiger partial charge in [0.15, 0.2) is 11.6 Å². The molecule has 0 saturated heterocycles. The van der Waals surface area contributed by atoms with Gasteiger partial charge in [0.2, 0.25) is 0 Å². The number of hydrogen-bond acceptors (Lipinski definition) is 6. The van der Waals surface area contributed by atoms with Crippen molar-refractivity contribution in [3.63, 3.8) is 0 Å². The molecule has 1 amide bonds. The average Bonchev–Trinajstić information content (AvgIpc) is 3.04. The molecular formula is C16H17F3N4O3. The summed E-state index contributed by atoms with van der Waals surface area (Å²) in [5.74, 6) is -0.167. The number of alkyl halides is 2. The van der Waals surface area contributed by atoms with Crippen molar-refractivity contribution in [3.8, 4) is 0 Å². The molecule has 1 unspecified atom stereocenters. The summed E-state index contributed by atoms with van der Waals surface area (Å²) < 4.78 is 45.9. The largest absolute Gasteiger partial charge is 0.448 e. The fourth-order valence-electron chi connectivity index (χ4n) is 1.90. The van der Waals surface area contributed by atoms with Crippen molar-refractivity contribution in [1.29, 1.82) is 0 Å². The van der Waals surface area contributed by atoms with Gasteiger partial charge in [0, 0.05) is 12.6 Å². The van der Waals surface area contributed by atoms with E-state index in [4.69, 9.17) is 14.9 Å². The van der Waals surface area contributed by atoms with Gasteiger partial charge in [-0.25, -0.2) is 18.2 Å². The van der Waals surface area contributed by atoms with Crippen LogP contribution in [-0.4, -0.2) is 42.4 Å². The number of oxazole rings is 1. The first-order valence-corrected chi connectivity index (χ1v) is 7.52. The number of aromatic nitrogens is 1. The van der Waals surface area contributed by atoms with Gasteiger partial charge in [-0.1, -0.05) is 0 Å². The molecule has 2 aromatic rings. The molecule has 0 aliphatic carbocycles. The van der Waals surface area contributed by atoms with Crippen molar-refractivity contribution in [2.24, 2.45) is 10.7 Å². The van der Waals surface area contributed by atoms with Gasteiger partial charge in [-0.2, -0.15) is 0 Å². The first-order valence-electron chi connectivity index (χ1n) is 7.52. The van der Waals surface area contributed by atoms with Gasteiger partial charge in [-0.05, 0) is 24.3 Å². The number of halogens is 3. The van der Waals surface area contributed by atoms with Crippen LogP contribution in [0.1, 0.15) is 16.4 Å². The second-order valence-corrected chi connectivity index (χ2v) is 5.25. The van der Waals surface area contributed by atoms with Gasteiger partial charge >= 0.3 is 0 Å². The number of anilines is 1. The molecule has 0 fully saturated rings. The van der Waals surface area contributed by atoms with E-state index < -0.39 is 12.5 Å². The van der Waals surface area contributed by atoms with Gasteiger partial charge in [-0.3, -0.25) is 9.79 Å². The van der Waals surface area contributed by atoms with Gasteiger partial charge in [0.05, 0.1) is 6.61 Å². The van der Waals surface area contributed by atoms with Crippen LogP contribution in [0, 0.1) is 12.7 Å². The number of rotatable bonds is 3. The van der Waals surface area contributed by atoms with Crippen LogP contribution < -0.4 is 11.1 Å². The van der Waals surface area contributed by atoms with Crippen LogP contribution >= 0.6 is 0 Å². The Morgan fingerprint density at radius 1 is 1.35 bits per heavy atom. The molecule has 10 heteroatoms. The van der Waals surface area contributed by atoms with E-state index in [0.29, 0.717) is 11.6 Å². The number of benzene rings is 1. The van der Waals surface area contributed by atoms with E-state index in [-0.39, 0.29) is 36.5 Å². The Hall–Kier alpha value is -2.88. The molecule has 0 spiro atoms. The molecule has 3 N–H and O–H groups in total. The summed E-state index contributed by atoms with van der Waals surface area (Å²) in [6.45, 7) is 1.79. The Morgan fingerprint density at radius 2 is 2.04 bits per heavy atom. The molecule has 0 saturated carbocycles. The molecular weight excluding hydrogens is 353 g/mol. The Balaban J connectivity index is 0.000000209. The molecule has 1 atom stereocenters. The molecule has 2 heterocycles. The lowest BCUT2D eigenvalue weighted by Crippen LogP contribution is -2.34. The number of nitrogens with two attached hydrogens (primary N) is 1. The maximum absolute atomic E-state index is 12.6. The van der Waals surface area contributed by atoms with Crippen LogP contribution in [0.2, 0.25) is 0 Å². The van der Waals surface area contributed by atoms with Crippen molar-refractivity contribution in [2.45, 2.75) is 19.4 Å². The van der Waals surface area contributed by atoms with Gasteiger partial charge in [0.1, 0.15) is 30.6 Å². The maximum atomic E-state index is 12.6. The SMILES string of the molecule is Cc1nc(C(=O)Nc2ccc(F)cc2)co1.NC1=NC(C(F)F)COC1. The zero-order valence-corrected chi connectivity index (χ0v) is 13.8. The molecule has 1 aromatic heterocycles. The van der Waals surface area contributed by atoms with Crippen LogP contribution in [0.25, 0.3) is 0 Å². The van der Waals surface area contributed by atoms with E-state index in [1.807, 2.05) is 0 Å². The van der Waals surface area contributed by atoms with Crippen LogP contribution in [-0.2, 0) is 4.74 Å². The quantitative estimate of drug-likeness (QED) is 0.864. The fraction of sp³-hybridized carbons (Fsp3) is 0.312. The fourth-order valence-corrected chi connectivity index (χ4v) is 1.90. The molecule has 1 aliphatic heterocycles. The molecule has 1 aliphatic rings. The number of amides is 1. The summed E-state index contributed by atoms with van der Waals surface area (Å²) in [5.41, 5.74) is 5.86. The monoisotopic (exact) mass is 370 g/mol. The van der Waals surface area contributed by atoms with Crippen LogP contribution in [0.4, 0.5) is 18.9 Å². The summed E-state index contributed by atoms with van der Waals surface area (Å²) >= 11 is 0. The third-order valence-electron chi connectivity index (χ3n) is 3.11. The lowest BCUT2D eigenvalue weighted by atomic mass is 10.3. The number of nitrogens with one attached hydrogen (secondary N) is 1. The lowest BCUT2D eigenvalue weighted by molar-refractivity contribution is 0.0505. The highest BCUT2D eigenvalue weighted by atomic mass is 19.3. The summed E-state index contributed by atoms with van der Waals surface area (Å²) in [5, 5.41) is 2.57. The third kappa shape index (κ3) is 5.88. The van der Waals surface area contributed by atoms with E-state index in [2.05, 4.69) is 15.3 Å². The number of aliphatic imine (C=N–C) groups is 1. The second kappa shape index (κ2) is 8.99. The first-order chi connectivity index (χ1) is 12.3. The summed E-state index contributed by atoms with van der Waals surface area (Å²) in [6.07, 6.45) is -1.20. The zero-order valence-electron chi connectivity index (χ0n) is 13.8. The second-order valence-electron chi connectivity index (χ2n) is 5.25. The van der Waals surface area contributed by atoms with E-state index >= 15 is 0 Å². The third-order valence-corrected chi connectivity index (χ3v) is 3.11. The summed E-state index contributed by atoms with van der Waals surface area (Å²) in [6, 6.07) is 4.42. The number of carbonyl (C=O) groups excluding carboxylic acids is 1. The van der Waals surface area contributed by atoms with Crippen molar-refractivity contribution in [1.82, 2.24) is 4.98 Å². The maximum Gasteiger partial charge on any atom is 0.277 e. The number of ether oxygens (including phenoxy) is 1. The molecule has 140 valence electrons. The van der Waals surface area contributed by atoms with Gasteiger partial charge < -0.3 is 20.2 Å². The Morgan fingerprint density at radius 3 is 2.54 bits per heavy atom. The zero-order chi connectivity index (χ0) is 19.1. The first kappa shape index (κ1) is 19.4. The van der Waals surface area contributed by atoms with E-state index in [0.717, 1.165) is 0 Å². The Labute approximate surface area is 147 Å². The lowest BCUT2D eigenvalue weighted by Gasteiger charge is -2.17. The highest BCUT2D eigenvalue weighted by Crippen LogP contribution is 2.10. The van der Waals surface area contributed by atoms with Crippen molar-refractivity contribution < 1.29 is 27.1 Å². The average molecular weight is 370 g/mol. The molecule has 26 heavy (non-hydrogen) atoms. The van der Waals surface area contributed by atoms with Crippen molar-refractivity contribution in [2.75, 3.05) is 18.5 Å². The molecule has 3 rings (SSSR count). The van der Waals surface area contributed by atoms with E-state index in [9.17, 15) is 18.0 Å². The minimum atomic E-state index is -2.47. The van der Waals surface area contributed by atoms with Crippen molar-refractivity contribution >= 4 is 17.4 Å². The number of amidine groups is 1. The molecule has 0 bridgehead atoms. The summed E-state index contributed by atoms with van der Waals surface area (Å²) in [4.78, 5) is 19.0. The Kier molecular flexibility index (Phi) is 6.73. The highest BCUT2D eigenvalue weighted by molar-refractivity contribution is 6.02. The molecule has 0 radical (unpaired) electrons. The van der Waals surface area contributed by atoms with Crippen LogP contribution in [0.5, 0.6) is 0 Å². The number of carbonyl (C=O) groups is 1. The minimum Gasteiger partial charge on any atom is -0.448 e. The van der Waals surface area contributed by atoms with Crippen LogP contribution in [0.3, 0.4) is 0 Å². The predicted octanol–water partition coefficient (Wildman–Crippen LogP) is 2.38. The highest BCUT2D eigenvalue weighted by Gasteiger charge is 2.22. The van der Waals surface area contributed by atoms with E-state index in [1.54, 1.807) is 6.92 Å². The Bertz CT molecular complexity index is 762. The number of aryl methyl sites for hydroxylation is 1. The number of nitrogens with zero attached hydrogens (tertiary/aromatic N) is 2.